The first-order valence-corrected chi connectivity index (χ1v) is 6.51. The topological polar surface area (TPSA) is 99.4 Å². The zero-order valence-electron chi connectivity index (χ0n) is 10.1. The molecule has 0 saturated carbocycles. The van der Waals surface area contributed by atoms with Gasteiger partial charge in [0.25, 0.3) is 5.69 Å². The number of nitrogens with zero attached hydrogens (tertiary/aromatic N) is 2. The molecule has 1 atom stereocenters. The molecule has 0 bridgehead atoms. The van der Waals surface area contributed by atoms with E-state index in [4.69, 9.17) is 4.42 Å². The van der Waals surface area contributed by atoms with Crippen LogP contribution in [0.3, 0.4) is 0 Å². The second-order valence-electron chi connectivity index (χ2n) is 3.99. The van der Waals surface area contributed by atoms with Crippen molar-refractivity contribution >= 4 is 27.5 Å². The van der Waals surface area contributed by atoms with Crippen molar-refractivity contribution in [1.29, 1.82) is 0 Å². The number of alkyl halides is 1. The van der Waals surface area contributed by atoms with Gasteiger partial charge in [-0.15, -0.1) is 0 Å². The third kappa shape index (κ3) is 3.02. The number of nitro benzene ring substituents is 1. The molecule has 1 aromatic carbocycles. The van der Waals surface area contributed by atoms with E-state index in [-0.39, 0.29) is 16.4 Å². The van der Waals surface area contributed by atoms with Gasteiger partial charge < -0.3 is 4.42 Å². The lowest BCUT2D eigenvalue weighted by Gasteiger charge is -2.07. The minimum Gasteiger partial charge on any atom is -0.405 e. The SMILES string of the molecule is O=[N+]([O-])c1ccc(C(Br)Cc2ccccc2[N+](=O)[O-])o1. The van der Waals surface area contributed by atoms with Crippen LogP contribution in [-0.4, -0.2) is 9.85 Å². The monoisotopic (exact) mass is 340 g/mol. The van der Waals surface area contributed by atoms with Crippen molar-refractivity contribution < 1.29 is 14.3 Å². The van der Waals surface area contributed by atoms with Gasteiger partial charge in [0.15, 0.2) is 0 Å². The van der Waals surface area contributed by atoms with Crippen LogP contribution in [0.5, 0.6) is 0 Å². The summed E-state index contributed by atoms with van der Waals surface area (Å²) in [6.07, 6.45) is 0.293. The lowest BCUT2D eigenvalue weighted by molar-refractivity contribution is -0.402. The maximum absolute atomic E-state index is 10.9. The summed E-state index contributed by atoms with van der Waals surface area (Å²) >= 11 is 3.33. The van der Waals surface area contributed by atoms with Crippen molar-refractivity contribution in [2.45, 2.75) is 11.2 Å². The average Bonchev–Trinajstić information content (AvgIpc) is 2.89. The number of rotatable bonds is 5. The van der Waals surface area contributed by atoms with Crippen LogP contribution < -0.4 is 0 Å². The summed E-state index contributed by atoms with van der Waals surface area (Å²) < 4.78 is 5.06. The summed E-state index contributed by atoms with van der Waals surface area (Å²) in [6.45, 7) is 0. The molecule has 1 aromatic heterocycles. The van der Waals surface area contributed by atoms with Gasteiger partial charge in [0.2, 0.25) is 0 Å². The Morgan fingerprint density at radius 3 is 2.40 bits per heavy atom. The number of halogens is 1. The number of hydrogen-bond acceptors (Lipinski definition) is 5. The fraction of sp³-hybridized carbons (Fsp3) is 0.167. The molecule has 0 aliphatic rings. The third-order valence-electron chi connectivity index (χ3n) is 2.69. The van der Waals surface area contributed by atoms with Crippen molar-refractivity contribution in [2.75, 3.05) is 0 Å². The first kappa shape index (κ1) is 14.2. The highest BCUT2D eigenvalue weighted by molar-refractivity contribution is 9.09. The molecule has 0 N–H and O–H groups in total. The molecule has 0 amide bonds. The minimum absolute atomic E-state index is 0.0120. The minimum atomic E-state index is -0.631. The van der Waals surface area contributed by atoms with Gasteiger partial charge in [-0.05, 0) is 12.5 Å². The molecule has 8 heteroatoms. The smallest absolute Gasteiger partial charge is 0.405 e. The molecule has 104 valence electrons. The Morgan fingerprint density at radius 1 is 1.10 bits per heavy atom. The van der Waals surface area contributed by atoms with E-state index in [1.54, 1.807) is 18.2 Å². The summed E-state index contributed by atoms with van der Waals surface area (Å²) in [5.74, 6) is 0.00172. The second-order valence-corrected chi connectivity index (χ2v) is 5.10. The van der Waals surface area contributed by atoms with Gasteiger partial charge in [-0.1, -0.05) is 34.1 Å². The normalized spacial score (nSPS) is 12.1. The fourth-order valence-electron chi connectivity index (χ4n) is 1.76. The van der Waals surface area contributed by atoms with E-state index in [1.165, 1.54) is 18.2 Å². The van der Waals surface area contributed by atoms with E-state index in [0.29, 0.717) is 17.7 Å². The molecule has 0 fully saturated rings. The third-order valence-corrected chi connectivity index (χ3v) is 3.46. The number of furan rings is 1. The average molecular weight is 341 g/mol. The quantitative estimate of drug-likeness (QED) is 0.468. The molecular weight excluding hydrogens is 332 g/mol. The van der Waals surface area contributed by atoms with Gasteiger partial charge in [-0.3, -0.25) is 20.2 Å². The first-order chi connectivity index (χ1) is 9.49. The summed E-state index contributed by atoms with van der Waals surface area (Å²) in [7, 11) is 0. The Morgan fingerprint density at radius 2 is 1.80 bits per heavy atom. The Kier molecular flexibility index (Phi) is 4.14. The molecule has 0 aliphatic heterocycles. The lowest BCUT2D eigenvalue weighted by Crippen LogP contribution is -1.99. The highest BCUT2D eigenvalue weighted by Gasteiger charge is 2.21. The zero-order valence-corrected chi connectivity index (χ0v) is 11.6. The highest BCUT2D eigenvalue weighted by atomic mass is 79.9. The molecular formula is C12H9BrN2O5. The van der Waals surface area contributed by atoms with Gasteiger partial charge in [0, 0.05) is 11.6 Å². The van der Waals surface area contributed by atoms with E-state index in [2.05, 4.69) is 15.9 Å². The zero-order chi connectivity index (χ0) is 14.7. The lowest BCUT2D eigenvalue weighted by atomic mass is 10.1. The maximum atomic E-state index is 10.9. The van der Waals surface area contributed by atoms with Crippen LogP contribution in [-0.2, 0) is 6.42 Å². The second kappa shape index (κ2) is 5.83. The van der Waals surface area contributed by atoms with Gasteiger partial charge >= 0.3 is 5.88 Å². The summed E-state index contributed by atoms with van der Waals surface area (Å²) in [5, 5.41) is 21.5. The predicted octanol–water partition coefficient (Wildman–Crippen LogP) is 3.77. The molecule has 0 radical (unpaired) electrons. The largest absolute Gasteiger partial charge is 0.433 e. The fourth-order valence-corrected chi connectivity index (χ4v) is 2.36. The van der Waals surface area contributed by atoms with Crippen LogP contribution in [0.15, 0.2) is 40.8 Å². The molecule has 2 rings (SSSR count). The van der Waals surface area contributed by atoms with Crippen LogP contribution in [0.25, 0.3) is 0 Å². The highest BCUT2D eigenvalue weighted by Crippen LogP contribution is 2.33. The van der Waals surface area contributed by atoms with Crippen LogP contribution in [0.4, 0.5) is 11.6 Å². The van der Waals surface area contributed by atoms with Gasteiger partial charge in [0.1, 0.15) is 10.7 Å². The van der Waals surface area contributed by atoms with Crippen LogP contribution in [0.2, 0.25) is 0 Å². The van der Waals surface area contributed by atoms with Crippen molar-refractivity contribution in [3.8, 4) is 0 Å². The summed E-state index contributed by atoms with van der Waals surface area (Å²) in [5.41, 5.74) is 0.538. The standard InChI is InChI=1S/C12H9BrN2O5/c13-9(11-5-6-12(20-11)15(18)19)7-8-3-1-2-4-10(8)14(16)17/h1-6,9H,7H2. The number of hydrogen-bond donors (Lipinski definition) is 0. The first-order valence-electron chi connectivity index (χ1n) is 5.59. The number of para-hydroxylation sites is 1. The number of benzene rings is 1. The van der Waals surface area contributed by atoms with E-state index in [1.807, 2.05) is 0 Å². The Bertz CT molecular complexity index is 655. The maximum Gasteiger partial charge on any atom is 0.433 e. The van der Waals surface area contributed by atoms with Gasteiger partial charge in [-0.2, -0.15) is 0 Å². The molecule has 0 spiro atoms. The van der Waals surface area contributed by atoms with E-state index < -0.39 is 9.85 Å². The van der Waals surface area contributed by atoms with Crippen molar-refractivity contribution in [1.82, 2.24) is 0 Å². The van der Waals surface area contributed by atoms with Crippen LogP contribution in [0, 0.1) is 20.2 Å². The molecule has 1 heterocycles. The molecule has 0 aliphatic carbocycles. The Labute approximate surface area is 121 Å². The number of nitro groups is 2. The summed E-state index contributed by atoms with van der Waals surface area (Å²) in [4.78, 5) is 20.0. The molecule has 2 aromatic rings. The van der Waals surface area contributed by atoms with E-state index in [0.717, 1.165) is 0 Å². The predicted molar refractivity (Wildman–Crippen MR) is 73.8 cm³/mol. The van der Waals surface area contributed by atoms with E-state index >= 15 is 0 Å². The van der Waals surface area contributed by atoms with Crippen molar-refractivity contribution in [2.24, 2.45) is 0 Å². The van der Waals surface area contributed by atoms with Gasteiger partial charge in [0.05, 0.1) is 15.8 Å². The van der Waals surface area contributed by atoms with Crippen molar-refractivity contribution in [3.63, 3.8) is 0 Å². The van der Waals surface area contributed by atoms with Crippen LogP contribution in [0.1, 0.15) is 16.2 Å². The van der Waals surface area contributed by atoms with Crippen LogP contribution >= 0.6 is 15.9 Å². The Hall–Kier alpha value is -2.22. The van der Waals surface area contributed by atoms with E-state index in [9.17, 15) is 20.2 Å². The molecule has 1 unspecified atom stereocenters. The molecule has 20 heavy (non-hydrogen) atoms. The molecule has 7 nitrogen and oxygen atoms in total. The summed E-state index contributed by atoms with van der Waals surface area (Å²) in [6, 6.07) is 9.08. The molecule has 0 saturated heterocycles. The van der Waals surface area contributed by atoms with Gasteiger partial charge in [-0.25, -0.2) is 0 Å². The van der Waals surface area contributed by atoms with Crippen molar-refractivity contribution in [3.05, 3.63) is 68.0 Å². The Balaban J connectivity index is 2.21.